The molecule has 2 aliphatic heterocycles. The molecule has 1 atom stereocenters. The first-order valence-corrected chi connectivity index (χ1v) is 8.54. The highest BCUT2D eigenvalue weighted by atomic mass is 16.5. The minimum absolute atomic E-state index is 0.250. The van der Waals surface area contributed by atoms with Crippen LogP contribution in [0.3, 0.4) is 0 Å². The van der Waals surface area contributed by atoms with E-state index >= 15 is 0 Å². The summed E-state index contributed by atoms with van der Waals surface area (Å²) in [5, 5.41) is 3.77. The normalized spacial score (nSPS) is 30.9. The second kappa shape index (κ2) is 7.21. The lowest BCUT2D eigenvalue weighted by atomic mass is 9.89. The largest absolute Gasteiger partial charge is 0.379 e. The topological polar surface area (TPSA) is 33.7 Å². The van der Waals surface area contributed by atoms with Crippen molar-refractivity contribution in [3.63, 3.8) is 0 Å². The number of morpholine rings is 1. The number of rotatable bonds is 5. The molecule has 1 saturated carbocycles. The van der Waals surface area contributed by atoms with Gasteiger partial charge in [0.15, 0.2) is 0 Å². The summed E-state index contributed by atoms with van der Waals surface area (Å²) in [6.45, 7) is 7.37. The van der Waals surface area contributed by atoms with Crippen LogP contribution in [0.25, 0.3) is 0 Å². The Labute approximate surface area is 123 Å². The third kappa shape index (κ3) is 3.94. The Kier molecular flexibility index (Phi) is 5.32. The van der Waals surface area contributed by atoms with Crippen LogP contribution in [-0.4, -0.2) is 62.5 Å². The molecule has 116 valence electrons. The fourth-order valence-electron chi connectivity index (χ4n) is 4.00. The van der Waals surface area contributed by atoms with Gasteiger partial charge in [0.1, 0.15) is 0 Å². The Bertz CT molecular complexity index is 286. The lowest BCUT2D eigenvalue weighted by molar-refractivity contribution is -0.0836. The number of ether oxygens (including phenoxy) is 2. The maximum absolute atomic E-state index is 6.10. The average Bonchev–Trinajstić information content (AvgIpc) is 2.93. The molecule has 3 fully saturated rings. The predicted molar refractivity (Wildman–Crippen MR) is 80.1 cm³/mol. The summed E-state index contributed by atoms with van der Waals surface area (Å²) < 4.78 is 11.5. The van der Waals surface area contributed by atoms with Gasteiger partial charge in [0.25, 0.3) is 0 Å². The van der Waals surface area contributed by atoms with Crippen molar-refractivity contribution in [3.8, 4) is 0 Å². The molecule has 0 amide bonds. The molecule has 1 aliphatic carbocycles. The van der Waals surface area contributed by atoms with Gasteiger partial charge in [0, 0.05) is 25.7 Å². The smallest absolute Gasteiger partial charge is 0.0697 e. The maximum Gasteiger partial charge on any atom is 0.0697 e. The van der Waals surface area contributed by atoms with Crippen LogP contribution in [0.5, 0.6) is 0 Å². The molecule has 0 radical (unpaired) electrons. The molecule has 3 rings (SSSR count). The van der Waals surface area contributed by atoms with Gasteiger partial charge in [-0.25, -0.2) is 0 Å². The second-order valence-electron chi connectivity index (χ2n) is 6.69. The molecule has 0 bridgehead atoms. The fourth-order valence-corrected chi connectivity index (χ4v) is 4.00. The first-order chi connectivity index (χ1) is 9.86. The Hall–Kier alpha value is -0.160. The zero-order valence-electron chi connectivity index (χ0n) is 12.7. The van der Waals surface area contributed by atoms with Crippen molar-refractivity contribution >= 4 is 0 Å². The standard InChI is InChI=1S/C16H30N2O2/c1-2-6-16(5-1)14-15(4-11-20-16)17-7-3-8-18-9-12-19-13-10-18/h15,17H,1-14H2. The minimum Gasteiger partial charge on any atom is -0.379 e. The third-order valence-electron chi connectivity index (χ3n) is 5.20. The van der Waals surface area contributed by atoms with Crippen LogP contribution in [0.4, 0.5) is 0 Å². The van der Waals surface area contributed by atoms with E-state index in [2.05, 4.69) is 10.2 Å². The Morgan fingerprint density at radius 2 is 1.90 bits per heavy atom. The van der Waals surface area contributed by atoms with Gasteiger partial charge < -0.3 is 14.8 Å². The van der Waals surface area contributed by atoms with E-state index in [9.17, 15) is 0 Å². The lowest BCUT2D eigenvalue weighted by Gasteiger charge is -2.38. The van der Waals surface area contributed by atoms with E-state index in [1.807, 2.05) is 0 Å². The first-order valence-electron chi connectivity index (χ1n) is 8.54. The average molecular weight is 282 g/mol. The number of nitrogens with one attached hydrogen (secondary N) is 1. The van der Waals surface area contributed by atoms with Crippen molar-refractivity contribution in [3.05, 3.63) is 0 Å². The van der Waals surface area contributed by atoms with Crippen molar-refractivity contribution in [2.24, 2.45) is 0 Å². The van der Waals surface area contributed by atoms with E-state index in [1.54, 1.807) is 0 Å². The molecule has 0 aromatic carbocycles. The Balaban J connectivity index is 1.31. The van der Waals surface area contributed by atoms with Crippen molar-refractivity contribution in [2.75, 3.05) is 46.0 Å². The molecule has 4 heteroatoms. The molecule has 2 saturated heterocycles. The van der Waals surface area contributed by atoms with E-state index in [4.69, 9.17) is 9.47 Å². The van der Waals surface area contributed by atoms with Gasteiger partial charge in [0.2, 0.25) is 0 Å². The zero-order chi connectivity index (χ0) is 13.7. The molecule has 2 heterocycles. The molecular formula is C16H30N2O2. The minimum atomic E-state index is 0.250. The number of hydrogen-bond donors (Lipinski definition) is 1. The summed E-state index contributed by atoms with van der Waals surface area (Å²) >= 11 is 0. The summed E-state index contributed by atoms with van der Waals surface area (Å²) in [6.07, 6.45) is 9.00. The first kappa shape index (κ1) is 14.8. The maximum atomic E-state index is 6.10. The highest BCUT2D eigenvalue weighted by molar-refractivity contribution is 4.93. The van der Waals surface area contributed by atoms with E-state index < -0.39 is 0 Å². The molecule has 1 spiro atoms. The Morgan fingerprint density at radius 1 is 1.10 bits per heavy atom. The second-order valence-corrected chi connectivity index (χ2v) is 6.69. The third-order valence-corrected chi connectivity index (χ3v) is 5.20. The summed E-state index contributed by atoms with van der Waals surface area (Å²) in [6, 6.07) is 0.687. The highest BCUT2D eigenvalue weighted by Gasteiger charge is 2.39. The van der Waals surface area contributed by atoms with Gasteiger partial charge in [-0.1, -0.05) is 12.8 Å². The van der Waals surface area contributed by atoms with Crippen LogP contribution in [0.15, 0.2) is 0 Å². The van der Waals surface area contributed by atoms with Gasteiger partial charge in [-0.3, -0.25) is 4.90 Å². The molecule has 0 aromatic rings. The van der Waals surface area contributed by atoms with Crippen LogP contribution in [-0.2, 0) is 9.47 Å². The molecular weight excluding hydrogens is 252 g/mol. The van der Waals surface area contributed by atoms with Crippen molar-refractivity contribution in [2.45, 2.75) is 56.6 Å². The SMILES string of the molecule is C(CNC1CCOC2(CCCC2)C1)CN1CCOCC1. The summed E-state index contributed by atoms with van der Waals surface area (Å²) in [5.41, 5.74) is 0.250. The highest BCUT2D eigenvalue weighted by Crippen LogP contribution is 2.39. The molecule has 4 nitrogen and oxygen atoms in total. The van der Waals surface area contributed by atoms with Crippen molar-refractivity contribution in [1.82, 2.24) is 10.2 Å². The van der Waals surface area contributed by atoms with E-state index in [1.165, 1.54) is 51.5 Å². The fraction of sp³-hybridized carbons (Fsp3) is 1.00. The van der Waals surface area contributed by atoms with Crippen molar-refractivity contribution in [1.29, 1.82) is 0 Å². The monoisotopic (exact) mass is 282 g/mol. The number of hydrogen-bond acceptors (Lipinski definition) is 4. The van der Waals surface area contributed by atoms with Crippen LogP contribution in [0.1, 0.15) is 44.9 Å². The van der Waals surface area contributed by atoms with Gasteiger partial charge in [-0.15, -0.1) is 0 Å². The van der Waals surface area contributed by atoms with Gasteiger partial charge in [0.05, 0.1) is 18.8 Å². The Morgan fingerprint density at radius 3 is 2.70 bits per heavy atom. The molecule has 3 aliphatic rings. The molecule has 1 unspecified atom stereocenters. The summed E-state index contributed by atoms with van der Waals surface area (Å²) in [7, 11) is 0. The molecule has 20 heavy (non-hydrogen) atoms. The number of nitrogens with zero attached hydrogens (tertiary/aromatic N) is 1. The van der Waals surface area contributed by atoms with E-state index in [0.717, 1.165) is 39.5 Å². The quantitative estimate of drug-likeness (QED) is 0.780. The van der Waals surface area contributed by atoms with Crippen LogP contribution in [0, 0.1) is 0 Å². The summed E-state index contributed by atoms with van der Waals surface area (Å²) in [5.74, 6) is 0. The lowest BCUT2D eigenvalue weighted by Crippen LogP contribution is -2.46. The van der Waals surface area contributed by atoms with Gasteiger partial charge in [-0.05, 0) is 45.2 Å². The van der Waals surface area contributed by atoms with Gasteiger partial charge in [-0.2, -0.15) is 0 Å². The van der Waals surface area contributed by atoms with Gasteiger partial charge >= 0.3 is 0 Å². The van der Waals surface area contributed by atoms with Crippen LogP contribution in [0.2, 0.25) is 0 Å². The predicted octanol–water partition coefficient (Wildman–Crippen LogP) is 1.79. The van der Waals surface area contributed by atoms with Crippen LogP contribution < -0.4 is 5.32 Å². The van der Waals surface area contributed by atoms with Crippen LogP contribution >= 0.6 is 0 Å². The molecule has 0 aromatic heterocycles. The van der Waals surface area contributed by atoms with Crippen molar-refractivity contribution < 1.29 is 9.47 Å². The summed E-state index contributed by atoms with van der Waals surface area (Å²) in [4.78, 5) is 2.52. The molecule has 1 N–H and O–H groups in total. The van der Waals surface area contributed by atoms with E-state index in [0.29, 0.717) is 6.04 Å². The van der Waals surface area contributed by atoms with E-state index in [-0.39, 0.29) is 5.60 Å². The zero-order valence-corrected chi connectivity index (χ0v) is 12.7.